The van der Waals surface area contributed by atoms with Crippen LogP contribution in [0.1, 0.15) is 52.5 Å². The van der Waals surface area contributed by atoms with Crippen molar-refractivity contribution in [1.82, 2.24) is 0 Å². The third kappa shape index (κ3) is 5.88. The summed E-state index contributed by atoms with van der Waals surface area (Å²) in [6.45, 7) is 2.90. The van der Waals surface area contributed by atoms with Crippen molar-refractivity contribution in [1.29, 1.82) is 0 Å². The van der Waals surface area contributed by atoms with Gasteiger partial charge in [0.15, 0.2) is 0 Å². The Hall–Kier alpha value is -3.36. The van der Waals surface area contributed by atoms with Crippen LogP contribution in [0.5, 0.6) is 0 Å². The van der Waals surface area contributed by atoms with Crippen molar-refractivity contribution in [2.75, 3.05) is 22.8 Å². The number of sulfonamides is 1. The maximum absolute atomic E-state index is 13.1. The molecule has 0 radical (unpaired) electrons. The zero-order valence-corrected chi connectivity index (χ0v) is 21.4. The Bertz CT molecular complexity index is 1370. The first-order valence-electron chi connectivity index (χ1n) is 11.8. The number of carbonyl (C=O) groups excluding carboxylic acids is 2. The van der Waals surface area contributed by atoms with Crippen molar-refractivity contribution in [3.8, 4) is 0 Å². The number of halogens is 1. The van der Waals surface area contributed by atoms with E-state index in [9.17, 15) is 18.0 Å². The molecule has 0 unspecified atom stereocenters. The summed E-state index contributed by atoms with van der Waals surface area (Å²) in [5.74, 6) is -0.620. The number of nitrogens with zero attached hydrogens (tertiary/aromatic N) is 1. The van der Waals surface area contributed by atoms with Gasteiger partial charge in [0, 0.05) is 28.5 Å². The van der Waals surface area contributed by atoms with Gasteiger partial charge in [-0.2, -0.15) is 0 Å². The zero-order valence-electron chi connectivity index (χ0n) is 19.9. The van der Waals surface area contributed by atoms with Crippen LogP contribution in [0.2, 0.25) is 5.02 Å². The van der Waals surface area contributed by atoms with Crippen molar-refractivity contribution in [2.45, 2.75) is 37.5 Å². The molecular weight excluding hydrogens is 500 g/mol. The smallest absolute Gasteiger partial charge is 0.338 e. The van der Waals surface area contributed by atoms with Crippen LogP contribution in [0, 0.1) is 0 Å². The first-order chi connectivity index (χ1) is 17.3. The largest absolute Gasteiger partial charge is 0.462 e. The second-order valence-electron chi connectivity index (χ2n) is 8.53. The molecule has 7 nitrogen and oxygen atoms in total. The molecule has 9 heteroatoms. The molecule has 0 spiro atoms. The lowest BCUT2D eigenvalue weighted by atomic mass is 10.0. The van der Waals surface area contributed by atoms with E-state index in [0.29, 0.717) is 53.5 Å². The molecule has 0 bridgehead atoms. The third-order valence-corrected chi connectivity index (χ3v) is 7.51. The van der Waals surface area contributed by atoms with Gasteiger partial charge < -0.3 is 9.64 Å². The number of rotatable bonds is 8. The van der Waals surface area contributed by atoms with Crippen molar-refractivity contribution in [2.24, 2.45) is 0 Å². The third-order valence-electron chi connectivity index (χ3n) is 5.90. The van der Waals surface area contributed by atoms with Crippen molar-refractivity contribution < 1.29 is 22.7 Å². The van der Waals surface area contributed by atoms with Gasteiger partial charge in [-0.05, 0) is 85.5 Å². The summed E-state index contributed by atoms with van der Waals surface area (Å²) in [5, 5.41) is 0.479. The van der Waals surface area contributed by atoms with E-state index in [0.717, 1.165) is 18.4 Å². The summed E-state index contributed by atoms with van der Waals surface area (Å²) in [4.78, 5) is 26.9. The van der Waals surface area contributed by atoms with E-state index >= 15 is 0 Å². The SMILES string of the molecule is CCCCOC(=O)c1ccc(NS(=O)(=O)c2ccc3c(c2)CCCN3C(=O)c2cccc(Cl)c2)cc1. The molecule has 1 N–H and O–H groups in total. The predicted octanol–water partition coefficient (Wildman–Crippen LogP) is 5.69. The molecule has 0 saturated heterocycles. The van der Waals surface area contributed by atoms with Gasteiger partial charge in [-0.1, -0.05) is 31.0 Å². The van der Waals surface area contributed by atoms with Crippen LogP contribution in [-0.2, 0) is 21.2 Å². The predicted molar refractivity (Wildman–Crippen MR) is 140 cm³/mol. The van der Waals surface area contributed by atoms with Gasteiger partial charge in [0.2, 0.25) is 0 Å². The molecule has 0 atom stereocenters. The molecule has 1 aliphatic rings. The molecule has 0 aromatic heterocycles. The number of anilines is 2. The summed E-state index contributed by atoms with van der Waals surface area (Å²) in [6, 6.07) is 17.6. The molecule has 0 fully saturated rings. The fraction of sp³-hybridized carbons (Fsp3) is 0.259. The van der Waals surface area contributed by atoms with E-state index in [1.165, 1.54) is 30.3 Å². The number of fused-ring (bicyclic) bond motifs is 1. The van der Waals surface area contributed by atoms with E-state index in [2.05, 4.69) is 4.72 Å². The first kappa shape index (κ1) is 25.7. The highest BCUT2D eigenvalue weighted by molar-refractivity contribution is 7.92. The van der Waals surface area contributed by atoms with Crippen molar-refractivity contribution >= 4 is 44.9 Å². The molecule has 0 saturated carbocycles. The molecule has 3 aromatic carbocycles. The number of carbonyl (C=O) groups is 2. The first-order valence-corrected chi connectivity index (χ1v) is 13.6. The highest BCUT2D eigenvalue weighted by Crippen LogP contribution is 2.31. The van der Waals surface area contributed by atoms with Crippen LogP contribution in [0.15, 0.2) is 71.6 Å². The average Bonchev–Trinajstić information content (AvgIpc) is 2.88. The Morgan fingerprint density at radius 2 is 1.81 bits per heavy atom. The molecule has 36 heavy (non-hydrogen) atoms. The monoisotopic (exact) mass is 526 g/mol. The number of nitrogens with one attached hydrogen (secondary N) is 1. The lowest BCUT2D eigenvalue weighted by molar-refractivity contribution is 0.0499. The molecule has 1 heterocycles. The fourth-order valence-corrected chi connectivity index (χ4v) is 5.31. The van der Waals surface area contributed by atoms with Crippen LogP contribution in [0.25, 0.3) is 0 Å². The highest BCUT2D eigenvalue weighted by Gasteiger charge is 2.26. The van der Waals surface area contributed by atoms with Crippen LogP contribution < -0.4 is 9.62 Å². The van der Waals surface area contributed by atoms with E-state index in [1.807, 2.05) is 6.92 Å². The lowest BCUT2D eigenvalue weighted by Crippen LogP contribution is -2.35. The lowest BCUT2D eigenvalue weighted by Gasteiger charge is -2.30. The van der Waals surface area contributed by atoms with E-state index in [1.54, 1.807) is 41.3 Å². The quantitative estimate of drug-likeness (QED) is 0.300. The minimum atomic E-state index is -3.88. The molecule has 1 aliphatic heterocycles. The molecule has 3 aromatic rings. The van der Waals surface area contributed by atoms with E-state index in [4.69, 9.17) is 16.3 Å². The van der Waals surface area contributed by atoms with Gasteiger partial charge in [0.05, 0.1) is 17.1 Å². The zero-order chi connectivity index (χ0) is 25.7. The number of hydrogen-bond donors (Lipinski definition) is 1. The number of unbranched alkanes of at least 4 members (excludes halogenated alkanes) is 1. The molecule has 4 rings (SSSR count). The standard InChI is InChI=1S/C27H27ClN2O5S/c1-2-3-16-35-27(32)19-9-11-23(12-10-19)29-36(33,34)24-13-14-25-20(18-24)7-5-15-30(25)26(31)21-6-4-8-22(28)17-21/h4,6,8-14,17-18,29H,2-3,5,7,15-16H2,1H3. The van der Waals surface area contributed by atoms with E-state index < -0.39 is 16.0 Å². The summed E-state index contributed by atoms with van der Waals surface area (Å²) < 4.78 is 33.8. The number of esters is 1. The number of hydrogen-bond acceptors (Lipinski definition) is 5. The minimum Gasteiger partial charge on any atom is -0.462 e. The Morgan fingerprint density at radius 1 is 1.03 bits per heavy atom. The maximum atomic E-state index is 13.1. The van der Waals surface area contributed by atoms with Gasteiger partial charge in [-0.3, -0.25) is 9.52 Å². The molecule has 1 amide bonds. The Kier molecular flexibility index (Phi) is 7.96. The molecular formula is C27H27ClN2O5S. The van der Waals surface area contributed by atoms with Crippen LogP contribution in [0.3, 0.4) is 0 Å². The van der Waals surface area contributed by atoms with Gasteiger partial charge in [-0.15, -0.1) is 0 Å². The van der Waals surface area contributed by atoms with Crippen LogP contribution in [-0.4, -0.2) is 33.4 Å². The normalized spacial score (nSPS) is 13.1. The number of ether oxygens (including phenoxy) is 1. The molecule has 188 valence electrons. The van der Waals surface area contributed by atoms with Gasteiger partial charge in [-0.25, -0.2) is 13.2 Å². The Morgan fingerprint density at radius 3 is 2.53 bits per heavy atom. The van der Waals surface area contributed by atoms with Gasteiger partial charge >= 0.3 is 5.97 Å². The minimum absolute atomic E-state index is 0.0985. The number of amides is 1. The maximum Gasteiger partial charge on any atom is 0.338 e. The summed E-state index contributed by atoms with van der Waals surface area (Å²) >= 11 is 6.05. The second-order valence-corrected chi connectivity index (χ2v) is 10.7. The van der Waals surface area contributed by atoms with Crippen LogP contribution in [0.4, 0.5) is 11.4 Å². The molecule has 0 aliphatic carbocycles. The summed E-state index contributed by atoms with van der Waals surface area (Å²) in [6.07, 6.45) is 3.09. The van der Waals surface area contributed by atoms with Gasteiger partial charge in [0.1, 0.15) is 0 Å². The Labute approximate surface area is 216 Å². The van der Waals surface area contributed by atoms with Crippen molar-refractivity contribution in [3.05, 3.63) is 88.4 Å². The highest BCUT2D eigenvalue weighted by atomic mass is 35.5. The summed E-state index contributed by atoms with van der Waals surface area (Å²) in [7, 11) is -3.88. The number of aryl methyl sites for hydroxylation is 1. The van der Waals surface area contributed by atoms with Crippen molar-refractivity contribution in [3.63, 3.8) is 0 Å². The van der Waals surface area contributed by atoms with Crippen LogP contribution >= 0.6 is 11.6 Å². The van der Waals surface area contributed by atoms with Gasteiger partial charge in [0.25, 0.3) is 15.9 Å². The summed E-state index contributed by atoms with van der Waals surface area (Å²) in [5.41, 5.74) is 2.63. The average molecular weight is 527 g/mol. The second kappa shape index (κ2) is 11.1. The Balaban J connectivity index is 1.50. The topological polar surface area (TPSA) is 92.8 Å². The fourth-order valence-electron chi connectivity index (χ4n) is 4.01. The number of benzene rings is 3. The van der Waals surface area contributed by atoms with E-state index in [-0.39, 0.29) is 10.8 Å².